The third-order valence-corrected chi connectivity index (χ3v) is 3.01. The van der Waals surface area contributed by atoms with Gasteiger partial charge in [-0.3, -0.25) is 4.90 Å². The molecule has 2 N–H and O–H groups in total. The van der Waals surface area contributed by atoms with Crippen molar-refractivity contribution in [2.45, 2.75) is 26.1 Å². The average molecular weight is 298 g/mol. The SMILES string of the molecule is CCCNc1snnc1CN(CCO)CC(F)(F)F. The number of aliphatic hydroxyl groups excluding tert-OH is 1. The van der Waals surface area contributed by atoms with Gasteiger partial charge in [-0.05, 0) is 6.42 Å². The molecule has 0 unspecified atom stereocenters. The first-order valence-electron chi connectivity index (χ1n) is 5.91. The van der Waals surface area contributed by atoms with Crippen LogP contribution < -0.4 is 5.32 Å². The van der Waals surface area contributed by atoms with E-state index >= 15 is 0 Å². The van der Waals surface area contributed by atoms with Crippen LogP contribution in [-0.2, 0) is 6.54 Å². The molecule has 0 atom stereocenters. The van der Waals surface area contributed by atoms with Crippen LogP contribution in [0.2, 0.25) is 0 Å². The highest BCUT2D eigenvalue weighted by Gasteiger charge is 2.31. The predicted molar refractivity (Wildman–Crippen MR) is 67.1 cm³/mol. The van der Waals surface area contributed by atoms with Gasteiger partial charge in [-0.1, -0.05) is 11.4 Å². The summed E-state index contributed by atoms with van der Waals surface area (Å²) in [6, 6.07) is 0. The minimum atomic E-state index is -4.30. The zero-order chi connectivity index (χ0) is 14.3. The van der Waals surface area contributed by atoms with Crippen molar-refractivity contribution in [2.24, 2.45) is 0 Å². The summed E-state index contributed by atoms with van der Waals surface area (Å²) >= 11 is 1.12. The number of hydrogen-bond donors (Lipinski definition) is 2. The molecule has 0 fully saturated rings. The van der Waals surface area contributed by atoms with Gasteiger partial charge in [0.2, 0.25) is 0 Å². The molecule has 0 aromatic carbocycles. The molecule has 110 valence electrons. The van der Waals surface area contributed by atoms with Crippen LogP contribution in [0, 0.1) is 0 Å². The van der Waals surface area contributed by atoms with Crippen LogP contribution >= 0.6 is 11.5 Å². The summed E-state index contributed by atoms with van der Waals surface area (Å²) in [4.78, 5) is 1.11. The Kier molecular flexibility index (Phi) is 6.46. The van der Waals surface area contributed by atoms with Crippen molar-refractivity contribution in [3.8, 4) is 0 Å². The van der Waals surface area contributed by atoms with Crippen LogP contribution in [0.1, 0.15) is 19.0 Å². The molecule has 1 aromatic heterocycles. The van der Waals surface area contributed by atoms with Crippen molar-refractivity contribution in [2.75, 3.05) is 31.6 Å². The zero-order valence-electron chi connectivity index (χ0n) is 10.6. The highest BCUT2D eigenvalue weighted by Crippen LogP contribution is 2.22. The lowest BCUT2D eigenvalue weighted by Gasteiger charge is -2.21. The summed E-state index contributed by atoms with van der Waals surface area (Å²) in [6.45, 7) is 1.27. The molecule has 0 spiro atoms. The van der Waals surface area contributed by atoms with Gasteiger partial charge >= 0.3 is 6.18 Å². The highest BCUT2D eigenvalue weighted by atomic mass is 32.1. The molecular formula is C10H17F3N4OS. The van der Waals surface area contributed by atoms with Crippen LogP contribution in [0.25, 0.3) is 0 Å². The summed E-state index contributed by atoms with van der Waals surface area (Å²) in [5.41, 5.74) is 0.483. The third-order valence-electron chi connectivity index (χ3n) is 2.28. The predicted octanol–water partition coefficient (Wildman–Crippen LogP) is 1.72. The Morgan fingerprint density at radius 3 is 2.74 bits per heavy atom. The summed E-state index contributed by atoms with van der Waals surface area (Å²) < 4.78 is 40.9. The van der Waals surface area contributed by atoms with Crippen molar-refractivity contribution in [3.63, 3.8) is 0 Å². The molecule has 0 radical (unpaired) electrons. The van der Waals surface area contributed by atoms with E-state index in [1.807, 2.05) is 6.92 Å². The first-order chi connectivity index (χ1) is 8.96. The van der Waals surface area contributed by atoms with Gasteiger partial charge in [-0.2, -0.15) is 13.2 Å². The molecule has 19 heavy (non-hydrogen) atoms. The van der Waals surface area contributed by atoms with E-state index in [0.29, 0.717) is 10.7 Å². The Morgan fingerprint density at radius 2 is 2.16 bits per heavy atom. The number of rotatable bonds is 8. The molecule has 0 aliphatic rings. The van der Waals surface area contributed by atoms with Gasteiger partial charge in [0, 0.05) is 31.2 Å². The summed E-state index contributed by atoms with van der Waals surface area (Å²) in [5, 5.41) is 16.4. The first-order valence-corrected chi connectivity index (χ1v) is 6.68. The van der Waals surface area contributed by atoms with Crippen molar-refractivity contribution in [1.29, 1.82) is 0 Å². The number of hydrogen-bond acceptors (Lipinski definition) is 6. The van der Waals surface area contributed by atoms with Crippen molar-refractivity contribution in [1.82, 2.24) is 14.5 Å². The summed E-state index contributed by atoms with van der Waals surface area (Å²) in [5.74, 6) is 0. The molecule has 5 nitrogen and oxygen atoms in total. The second-order valence-corrected chi connectivity index (χ2v) is 4.78. The largest absolute Gasteiger partial charge is 0.401 e. The fraction of sp³-hybridized carbons (Fsp3) is 0.800. The molecule has 0 saturated heterocycles. The number of aliphatic hydroxyl groups is 1. The third kappa shape index (κ3) is 6.17. The molecule has 0 bridgehead atoms. The molecule has 0 aliphatic heterocycles. The fourth-order valence-electron chi connectivity index (χ4n) is 1.51. The van der Waals surface area contributed by atoms with Crippen LogP contribution in [0.15, 0.2) is 0 Å². The smallest absolute Gasteiger partial charge is 0.395 e. The minimum Gasteiger partial charge on any atom is -0.395 e. The van der Waals surface area contributed by atoms with E-state index in [1.54, 1.807) is 0 Å². The molecule has 1 rings (SSSR count). The van der Waals surface area contributed by atoms with Crippen molar-refractivity contribution < 1.29 is 18.3 Å². The minimum absolute atomic E-state index is 0.0165. The lowest BCUT2D eigenvalue weighted by Crippen LogP contribution is -2.36. The Hall–Kier alpha value is -0.930. The van der Waals surface area contributed by atoms with Crippen molar-refractivity contribution in [3.05, 3.63) is 5.69 Å². The van der Waals surface area contributed by atoms with Crippen LogP contribution in [0.4, 0.5) is 18.2 Å². The average Bonchev–Trinajstić information content (AvgIpc) is 2.72. The number of alkyl halides is 3. The van der Waals surface area contributed by atoms with Crippen LogP contribution in [0.5, 0.6) is 0 Å². The second-order valence-electron chi connectivity index (χ2n) is 4.02. The Bertz CT molecular complexity index is 372. The molecule has 0 amide bonds. The van der Waals surface area contributed by atoms with Gasteiger partial charge in [-0.25, -0.2) is 0 Å². The Balaban J connectivity index is 2.65. The van der Waals surface area contributed by atoms with E-state index in [4.69, 9.17) is 5.11 Å². The monoisotopic (exact) mass is 298 g/mol. The molecule has 0 aliphatic carbocycles. The molecule has 1 heterocycles. The molecule has 0 saturated carbocycles. The fourth-order valence-corrected chi connectivity index (χ4v) is 2.10. The number of aromatic nitrogens is 2. The first kappa shape index (κ1) is 16.1. The van der Waals surface area contributed by atoms with Crippen LogP contribution in [0.3, 0.4) is 0 Å². The van der Waals surface area contributed by atoms with Crippen molar-refractivity contribution >= 4 is 16.5 Å². The Labute approximate surface area is 113 Å². The number of nitrogens with one attached hydrogen (secondary N) is 1. The van der Waals surface area contributed by atoms with Gasteiger partial charge in [0.1, 0.15) is 10.7 Å². The summed E-state index contributed by atoms with van der Waals surface area (Å²) in [6.07, 6.45) is -3.39. The normalized spacial score (nSPS) is 12.1. The topological polar surface area (TPSA) is 61.3 Å². The van der Waals surface area contributed by atoms with Crippen LogP contribution in [-0.4, -0.2) is 52.0 Å². The van der Waals surface area contributed by atoms with E-state index in [-0.39, 0.29) is 19.7 Å². The Morgan fingerprint density at radius 1 is 1.42 bits per heavy atom. The van der Waals surface area contributed by atoms with Gasteiger partial charge in [-0.15, -0.1) is 5.10 Å². The number of halogens is 3. The lowest BCUT2D eigenvalue weighted by molar-refractivity contribution is -0.148. The number of nitrogens with zero attached hydrogens (tertiary/aromatic N) is 3. The molecule has 9 heteroatoms. The van der Waals surface area contributed by atoms with Gasteiger partial charge in [0.25, 0.3) is 0 Å². The summed E-state index contributed by atoms with van der Waals surface area (Å²) in [7, 11) is 0. The number of anilines is 1. The molecule has 1 aromatic rings. The maximum absolute atomic E-state index is 12.4. The highest BCUT2D eigenvalue weighted by molar-refractivity contribution is 7.10. The van der Waals surface area contributed by atoms with E-state index in [0.717, 1.165) is 29.4 Å². The van der Waals surface area contributed by atoms with E-state index in [9.17, 15) is 13.2 Å². The lowest BCUT2D eigenvalue weighted by atomic mass is 10.3. The second kappa shape index (κ2) is 7.61. The maximum atomic E-state index is 12.4. The quantitative estimate of drug-likeness (QED) is 0.765. The molecular weight excluding hydrogens is 281 g/mol. The van der Waals surface area contributed by atoms with E-state index in [2.05, 4.69) is 14.9 Å². The zero-order valence-corrected chi connectivity index (χ0v) is 11.4. The van der Waals surface area contributed by atoms with E-state index < -0.39 is 12.7 Å². The van der Waals surface area contributed by atoms with Gasteiger partial charge < -0.3 is 10.4 Å². The standard InChI is InChI=1S/C10H17F3N4OS/c1-2-3-14-9-8(15-16-19-9)6-17(4-5-18)7-10(11,12)13/h14,18H,2-7H2,1H3. The van der Waals surface area contributed by atoms with Gasteiger partial charge in [0.05, 0.1) is 13.2 Å². The maximum Gasteiger partial charge on any atom is 0.401 e. The van der Waals surface area contributed by atoms with E-state index in [1.165, 1.54) is 0 Å². The van der Waals surface area contributed by atoms with Gasteiger partial charge in [0.15, 0.2) is 0 Å².